The van der Waals surface area contributed by atoms with Gasteiger partial charge in [-0.25, -0.2) is 4.98 Å². The Hall–Kier alpha value is -1.37. The number of anilines is 1. The Bertz CT molecular complexity index is 472. The lowest BCUT2D eigenvalue weighted by Gasteiger charge is -2.19. The molecule has 7 heteroatoms. The fourth-order valence-corrected chi connectivity index (χ4v) is 2.58. The molecule has 1 unspecified atom stereocenters. The van der Waals surface area contributed by atoms with E-state index in [0.29, 0.717) is 24.7 Å². The molecule has 2 rings (SSSR count). The second kappa shape index (κ2) is 8.17. The number of carbonyl (C=O) groups is 1. The molecule has 0 aliphatic carbocycles. The number of nitrogens with zero attached hydrogens (tertiary/aromatic N) is 2. The van der Waals surface area contributed by atoms with Crippen LogP contribution >= 0.6 is 11.6 Å². The second-order valence-corrected chi connectivity index (χ2v) is 5.38. The minimum Gasteiger partial charge on any atom is -0.383 e. The molecular weight excluding hydrogens is 292 g/mol. The van der Waals surface area contributed by atoms with E-state index < -0.39 is 0 Å². The quantitative estimate of drug-likeness (QED) is 0.724. The predicted octanol–water partition coefficient (Wildman–Crippen LogP) is 0.666. The number of hydrogen-bond donors (Lipinski definition) is 2. The van der Waals surface area contributed by atoms with E-state index >= 15 is 0 Å². The van der Waals surface area contributed by atoms with Crippen molar-refractivity contribution in [1.82, 2.24) is 15.6 Å². The van der Waals surface area contributed by atoms with E-state index in [1.807, 2.05) is 12.1 Å². The van der Waals surface area contributed by atoms with Crippen molar-refractivity contribution in [2.75, 3.05) is 44.8 Å². The van der Waals surface area contributed by atoms with Crippen LogP contribution in [0.1, 0.15) is 6.42 Å². The van der Waals surface area contributed by atoms with Crippen molar-refractivity contribution in [2.24, 2.45) is 0 Å². The lowest BCUT2D eigenvalue weighted by atomic mass is 10.2. The average Bonchev–Trinajstić information content (AvgIpc) is 2.92. The first kappa shape index (κ1) is 16.0. The molecule has 1 aliphatic rings. The summed E-state index contributed by atoms with van der Waals surface area (Å²) in [6, 6.07) is 3.78. The largest absolute Gasteiger partial charge is 0.383 e. The monoisotopic (exact) mass is 312 g/mol. The molecule has 1 aliphatic heterocycles. The highest BCUT2D eigenvalue weighted by Gasteiger charge is 2.25. The van der Waals surface area contributed by atoms with Crippen LogP contribution in [0, 0.1) is 0 Å². The Kier molecular flexibility index (Phi) is 6.22. The van der Waals surface area contributed by atoms with E-state index in [1.165, 1.54) is 0 Å². The molecule has 0 bridgehead atoms. The Labute approximate surface area is 129 Å². The molecule has 21 heavy (non-hydrogen) atoms. The maximum Gasteiger partial charge on any atom is 0.234 e. The van der Waals surface area contributed by atoms with Crippen molar-refractivity contribution >= 4 is 23.3 Å². The summed E-state index contributed by atoms with van der Waals surface area (Å²) in [5.41, 5.74) is 0. The molecule has 2 heterocycles. The van der Waals surface area contributed by atoms with Gasteiger partial charge in [-0.2, -0.15) is 0 Å². The average molecular weight is 313 g/mol. The number of rotatable bonds is 7. The van der Waals surface area contributed by atoms with Gasteiger partial charge in [0, 0.05) is 39.0 Å². The molecule has 1 aromatic rings. The molecule has 1 atom stereocenters. The fourth-order valence-electron chi connectivity index (χ4n) is 2.34. The van der Waals surface area contributed by atoms with Crippen LogP contribution in [0.15, 0.2) is 18.3 Å². The van der Waals surface area contributed by atoms with E-state index in [0.717, 1.165) is 25.3 Å². The summed E-state index contributed by atoms with van der Waals surface area (Å²) in [6.07, 6.45) is 2.63. The van der Waals surface area contributed by atoms with Crippen molar-refractivity contribution < 1.29 is 9.53 Å². The third-order valence-corrected chi connectivity index (χ3v) is 3.66. The maximum atomic E-state index is 11.8. The lowest BCUT2D eigenvalue weighted by Crippen LogP contribution is -2.42. The number of ether oxygens (including phenoxy) is 1. The summed E-state index contributed by atoms with van der Waals surface area (Å²) in [4.78, 5) is 18.2. The van der Waals surface area contributed by atoms with Crippen LogP contribution in [0.4, 0.5) is 5.82 Å². The minimum atomic E-state index is 0.00470. The molecule has 0 saturated carbocycles. The topological polar surface area (TPSA) is 66.5 Å². The van der Waals surface area contributed by atoms with Crippen LogP contribution < -0.4 is 15.5 Å². The number of hydrogen-bond acceptors (Lipinski definition) is 5. The van der Waals surface area contributed by atoms with Crippen molar-refractivity contribution in [3.8, 4) is 0 Å². The van der Waals surface area contributed by atoms with Gasteiger partial charge in [0.2, 0.25) is 5.91 Å². The third-order valence-electron chi connectivity index (χ3n) is 3.36. The molecule has 6 nitrogen and oxygen atoms in total. The molecule has 1 amide bonds. The summed E-state index contributed by atoms with van der Waals surface area (Å²) >= 11 is 6.14. The van der Waals surface area contributed by atoms with Crippen molar-refractivity contribution in [2.45, 2.75) is 12.5 Å². The van der Waals surface area contributed by atoms with Gasteiger partial charge >= 0.3 is 0 Å². The molecule has 0 radical (unpaired) electrons. The van der Waals surface area contributed by atoms with E-state index in [2.05, 4.69) is 20.5 Å². The van der Waals surface area contributed by atoms with Gasteiger partial charge in [-0.05, 0) is 18.6 Å². The molecule has 2 N–H and O–H groups in total. The smallest absolute Gasteiger partial charge is 0.234 e. The number of nitrogens with one attached hydrogen (secondary N) is 2. The summed E-state index contributed by atoms with van der Waals surface area (Å²) < 4.78 is 4.91. The van der Waals surface area contributed by atoms with Crippen LogP contribution in [0.3, 0.4) is 0 Å². The standard InChI is InChI=1S/C14H21ClN4O2/c1-21-8-6-16-9-13(20)18-11-4-7-19(10-11)14-12(15)3-2-5-17-14/h2-3,5,11,16H,4,6-10H2,1H3,(H,18,20). The van der Waals surface area contributed by atoms with Crippen molar-refractivity contribution in [3.05, 3.63) is 23.4 Å². The Balaban J connectivity index is 1.75. The molecule has 116 valence electrons. The Morgan fingerprint density at radius 2 is 2.48 bits per heavy atom. The predicted molar refractivity (Wildman–Crippen MR) is 82.8 cm³/mol. The number of aromatic nitrogens is 1. The molecule has 0 spiro atoms. The Morgan fingerprint density at radius 1 is 1.62 bits per heavy atom. The first-order valence-electron chi connectivity index (χ1n) is 7.05. The lowest BCUT2D eigenvalue weighted by molar-refractivity contribution is -0.120. The molecule has 1 saturated heterocycles. The van der Waals surface area contributed by atoms with E-state index in [-0.39, 0.29) is 11.9 Å². The zero-order valence-electron chi connectivity index (χ0n) is 12.1. The van der Waals surface area contributed by atoms with Gasteiger partial charge in [-0.1, -0.05) is 11.6 Å². The highest BCUT2D eigenvalue weighted by molar-refractivity contribution is 6.32. The number of halogens is 1. The summed E-state index contributed by atoms with van der Waals surface area (Å²) in [7, 11) is 1.64. The van der Waals surface area contributed by atoms with Crippen molar-refractivity contribution in [1.29, 1.82) is 0 Å². The molecule has 0 aromatic carbocycles. The van der Waals surface area contributed by atoms with Crippen LogP contribution in [0.25, 0.3) is 0 Å². The van der Waals surface area contributed by atoms with Crippen LogP contribution in [-0.4, -0.2) is 56.8 Å². The van der Waals surface area contributed by atoms with Gasteiger partial charge < -0.3 is 20.3 Å². The van der Waals surface area contributed by atoms with Crippen molar-refractivity contribution in [3.63, 3.8) is 0 Å². The summed E-state index contributed by atoms with van der Waals surface area (Å²) in [6.45, 7) is 3.16. The number of methoxy groups -OCH3 is 1. The SMILES string of the molecule is COCCNCC(=O)NC1CCN(c2ncccc2Cl)C1. The van der Waals surface area contributed by atoms with Crippen LogP contribution in [0.5, 0.6) is 0 Å². The van der Waals surface area contributed by atoms with E-state index in [4.69, 9.17) is 16.3 Å². The van der Waals surface area contributed by atoms with Crippen LogP contribution in [0.2, 0.25) is 5.02 Å². The second-order valence-electron chi connectivity index (χ2n) is 4.98. The summed E-state index contributed by atoms with van der Waals surface area (Å²) in [5, 5.41) is 6.69. The molecule has 1 fully saturated rings. The number of pyridine rings is 1. The normalized spacial score (nSPS) is 18.0. The Morgan fingerprint density at radius 3 is 3.24 bits per heavy atom. The number of carbonyl (C=O) groups excluding carboxylic acids is 1. The molecular formula is C14H21ClN4O2. The van der Waals surface area contributed by atoms with Gasteiger partial charge in [-0.15, -0.1) is 0 Å². The van der Waals surface area contributed by atoms with Gasteiger partial charge in [0.15, 0.2) is 0 Å². The zero-order chi connectivity index (χ0) is 15.1. The van der Waals surface area contributed by atoms with Gasteiger partial charge in [0.05, 0.1) is 18.2 Å². The maximum absolute atomic E-state index is 11.8. The van der Waals surface area contributed by atoms with Crippen LogP contribution in [-0.2, 0) is 9.53 Å². The minimum absolute atomic E-state index is 0.00470. The first-order valence-corrected chi connectivity index (χ1v) is 7.43. The molecule has 1 aromatic heterocycles. The van der Waals surface area contributed by atoms with E-state index in [1.54, 1.807) is 13.3 Å². The highest BCUT2D eigenvalue weighted by atomic mass is 35.5. The highest BCUT2D eigenvalue weighted by Crippen LogP contribution is 2.25. The first-order chi connectivity index (χ1) is 10.2. The zero-order valence-corrected chi connectivity index (χ0v) is 12.9. The third kappa shape index (κ3) is 4.84. The summed E-state index contributed by atoms with van der Waals surface area (Å²) in [5.74, 6) is 0.791. The van der Waals surface area contributed by atoms with Gasteiger partial charge in [0.1, 0.15) is 5.82 Å². The number of amides is 1. The fraction of sp³-hybridized carbons (Fsp3) is 0.571. The van der Waals surface area contributed by atoms with Gasteiger partial charge in [0.25, 0.3) is 0 Å². The van der Waals surface area contributed by atoms with E-state index in [9.17, 15) is 4.79 Å². The van der Waals surface area contributed by atoms with Gasteiger partial charge in [-0.3, -0.25) is 4.79 Å².